The molecule has 3 rings (SSSR count). The van der Waals surface area contributed by atoms with Crippen molar-refractivity contribution in [1.29, 1.82) is 0 Å². The first-order valence-corrected chi connectivity index (χ1v) is 8.29. The van der Waals surface area contributed by atoms with Crippen LogP contribution in [0.25, 0.3) is 0 Å². The number of hydrogen-bond acceptors (Lipinski definition) is 2. The normalized spacial score (nSPS) is 17.9. The fourth-order valence-electron chi connectivity index (χ4n) is 3.25. The minimum absolute atomic E-state index is 0.0886. The van der Waals surface area contributed by atoms with E-state index in [9.17, 15) is 13.6 Å². The van der Waals surface area contributed by atoms with Crippen LogP contribution >= 0.6 is 0 Å². The molecular formula is C18H21F2N3O. The molecule has 1 saturated heterocycles. The van der Waals surface area contributed by atoms with Crippen LogP contribution in [0.5, 0.6) is 0 Å². The smallest absolute Gasteiger partial charge is 0.242 e. The number of halogens is 2. The number of amides is 1. The number of aromatic nitrogens is 2. The summed E-state index contributed by atoms with van der Waals surface area (Å²) in [6.45, 7) is 1.78. The molecule has 4 nitrogen and oxygen atoms in total. The van der Waals surface area contributed by atoms with Gasteiger partial charge in [0.05, 0.1) is 6.33 Å². The number of carbonyl (C=O) groups excluding carboxylic acids is 1. The van der Waals surface area contributed by atoms with Crippen molar-refractivity contribution in [3.8, 4) is 0 Å². The summed E-state index contributed by atoms with van der Waals surface area (Å²) in [7, 11) is 0. The molecule has 128 valence electrons. The third kappa shape index (κ3) is 4.19. The average molecular weight is 333 g/mol. The molecule has 24 heavy (non-hydrogen) atoms. The van der Waals surface area contributed by atoms with Gasteiger partial charge in [0.25, 0.3) is 0 Å². The molecular weight excluding hydrogens is 312 g/mol. The topological polar surface area (TPSA) is 38.1 Å². The molecule has 2 aromatic rings. The summed E-state index contributed by atoms with van der Waals surface area (Å²) in [4.78, 5) is 18.2. The van der Waals surface area contributed by atoms with Crippen LogP contribution in [0.15, 0.2) is 36.9 Å². The van der Waals surface area contributed by atoms with E-state index in [0.717, 1.165) is 31.9 Å². The highest BCUT2D eigenvalue weighted by Gasteiger charge is 2.23. The van der Waals surface area contributed by atoms with Gasteiger partial charge in [-0.25, -0.2) is 13.8 Å². The van der Waals surface area contributed by atoms with Crippen LogP contribution in [0.4, 0.5) is 8.78 Å². The van der Waals surface area contributed by atoms with Crippen molar-refractivity contribution in [3.05, 3.63) is 54.1 Å². The Hall–Kier alpha value is -2.24. The molecule has 1 aliphatic heterocycles. The summed E-state index contributed by atoms with van der Waals surface area (Å²) in [6.07, 6.45) is 8.44. The highest BCUT2D eigenvalue weighted by atomic mass is 19.1. The SMILES string of the molecule is O=C(Cn1ccnc1)N1CCC[C@H](CCc2ccc(F)cc2F)C1. The molecule has 0 N–H and O–H groups in total. The summed E-state index contributed by atoms with van der Waals surface area (Å²) < 4.78 is 28.4. The van der Waals surface area contributed by atoms with E-state index < -0.39 is 11.6 Å². The van der Waals surface area contributed by atoms with Crippen molar-refractivity contribution in [1.82, 2.24) is 14.5 Å². The highest BCUT2D eigenvalue weighted by Crippen LogP contribution is 2.23. The zero-order chi connectivity index (χ0) is 16.9. The van der Waals surface area contributed by atoms with Gasteiger partial charge in [-0.05, 0) is 43.2 Å². The van der Waals surface area contributed by atoms with Gasteiger partial charge < -0.3 is 9.47 Å². The second-order valence-electron chi connectivity index (χ2n) is 6.36. The van der Waals surface area contributed by atoms with Crippen LogP contribution in [-0.4, -0.2) is 33.4 Å². The van der Waals surface area contributed by atoms with Gasteiger partial charge in [-0.3, -0.25) is 4.79 Å². The second kappa shape index (κ2) is 7.55. The predicted molar refractivity (Wildman–Crippen MR) is 86.2 cm³/mol. The monoisotopic (exact) mass is 333 g/mol. The van der Waals surface area contributed by atoms with Crippen molar-refractivity contribution in [2.75, 3.05) is 13.1 Å². The molecule has 1 amide bonds. The summed E-state index contributed by atoms with van der Waals surface area (Å²) in [5.74, 6) is -0.593. The molecule has 0 spiro atoms. The molecule has 1 atom stereocenters. The number of hydrogen-bond donors (Lipinski definition) is 0. The summed E-state index contributed by atoms with van der Waals surface area (Å²) in [5.41, 5.74) is 0.540. The number of carbonyl (C=O) groups is 1. The van der Waals surface area contributed by atoms with Crippen molar-refractivity contribution >= 4 is 5.91 Å². The van der Waals surface area contributed by atoms with E-state index in [1.54, 1.807) is 23.3 Å². The standard InChI is InChI=1S/C18H21F2N3O/c19-16-6-5-15(17(20)10-16)4-3-14-2-1-8-23(11-14)18(24)12-22-9-7-21-13-22/h5-7,9-10,13-14H,1-4,8,11-12H2/t14-/m1/s1. The van der Waals surface area contributed by atoms with Crippen LogP contribution in [0, 0.1) is 17.6 Å². The van der Waals surface area contributed by atoms with E-state index in [4.69, 9.17) is 0 Å². The van der Waals surface area contributed by atoms with Crippen LogP contribution in [-0.2, 0) is 17.8 Å². The van der Waals surface area contributed by atoms with Gasteiger partial charge >= 0.3 is 0 Å². The van der Waals surface area contributed by atoms with Gasteiger partial charge in [0, 0.05) is 31.5 Å². The van der Waals surface area contributed by atoms with E-state index in [1.807, 2.05) is 4.90 Å². The highest BCUT2D eigenvalue weighted by molar-refractivity contribution is 5.76. The largest absolute Gasteiger partial charge is 0.341 e. The zero-order valence-electron chi connectivity index (χ0n) is 13.5. The molecule has 0 aliphatic carbocycles. The number of nitrogens with zero attached hydrogens (tertiary/aromatic N) is 3. The van der Waals surface area contributed by atoms with Crippen LogP contribution in [0.3, 0.4) is 0 Å². The van der Waals surface area contributed by atoms with E-state index in [2.05, 4.69) is 4.98 Å². The van der Waals surface area contributed by atoms with Gasteiger partial charge in [0.15, 0.2) is 0 Å². The summed E-state index contributed by atoms with van der Waals surface area (Å²) in [6, 6.07) is 3.73. The maximum atomic E-state index is 13.7. The minimum Gasteiger partial charge on any atom is -0.341 e. The third-order valence-electron chi connectivity index (χ3n) is 4.59. The molecule has 6 heteroatoms. The molecule has 1 aromatic heterocycles. The lowest BCUT2D eigenvalue weighted by atomic mass is 9.91. The second-order valence-corrected chi connectivity index (χ2v) is 6.36. The molecule has 0 unspecified atom stereocenters. The molecule has 1 aromatic carbocycles. The molecule has 2 heterocycles. The molecule has 0 radical (unpaired) electrons. The number of benzene rings is 1. The summed E-state index contributed by atoms with van der Waals surface area (Å²) >= 11 is 0. The van der Waals surface area contributed by atoms with E-state index in [0.29, 0.717) is 31.0 Å². The molecule has 1 aliphatic rings. The van der Waals surface area contributed by atoms with E-state index in [1.165, 1.54) is 12.1 Å². The number of aryl methyl sites for hydroxylation is 1. The molecule has 0 saturated carbocycles. The van der Waals surface area contributed by atoms with Gasteiger partial charge in [-0.1, -0.05) is 6.07 Å². The number of rotatable bonds is 5. The predicted octanol–water partition coefficient (Wildman–Crippen LogP) is 3.03. The Kier molecular flexibility index (Phi) is 5.23. The van der Waals surface area contributed by atoms with E-state index >= 15 is 0 Å². The van der Waals surface area contributed by atoms with Gasteiger partial charge in [0.2, 0.25) is 5.91 Å². The Morgan fingerprint density at radius 3 is 2.96 bits per heavy atom. The quantitative estimate of drug-likeness (QED) is 0.843. The maximum absolute atomic E-state index is 13.7. The van der Waals surface area contributed by atoms with E-state index in [-0.39, 0.29) is 5.91 Å². The fraction of sp³-hybridized carbons (Fsp3) is 0.444. The molecule has 1 fully saturated rings. The number of imidazole rings is 1. The van der Waals surface area contributed by atoms with Crippen LogP contribution < -0.4 is 0 Å². The van der Waals surface area contributed by atoms with Crippen LogP contribution in [0.1, 0.15) is 24.8 Å². The summed E-state index contributed by atoms with van der Waals surface area (Å²) in [5, 5.41) is 0. The first-order valence-electron chi connectivity index (χ1n) is 8.29. The lowest BCUT2D eigenvalue weighted by Crippen LogP contribution is -2.41. The first kappa shape index (κ1) is 16.6. The van der Waals surface area contributed by atoms with Crippen molar-refractivity contribution in [2.45, 2.75) is 32.2 Å². The molecule has 0 bridgehead atoms. The third-order valence-corrected chi connectivity index (χ3v) is 4.59. The average Bonchev–Trinajstić information content (AvgIpc) is 3.07. The Morgan fingerprint density at radius 1 is 1.33 bits per heavy atom. The minimum atomic E-state index is -0.551. The maximum Gasteiger partial charge on any atom is 0.242 e. The van der Waals surface area contributed by atoms with Crippen LogP contribution in [0.2, 0.25) is 0 Å². The van der Waals surface area contributed by atoms with Gasteiger partial charge in [-0.2, -0.15) is 0 Å². The fourth-order valence-corrected chi connectivity index (χ4v) is 3.25. The Labute approximate surface area is 140 Å². The Morgan fingerprint density at radius 2 is 2.21 bits per heavy atom. The van der Waals surface area contributed by atoms with Crippen molar-refractivity contribution < 1.29 is 13.6 Å². The van der Waals surface area contributed by atoms with Gasteiger partial charge in [-0.15, -0.1) is 0 Å². The number of piperidine rings is 1. The van der Waals surface area contributed by atoms with Gasteiger partial charge in [0.1, 0.15) is 18.2 Å². The lowest BCUT2D eigenvalue weighted by Gasteiger charge is -2.33. The van der Waals surface area contributed by atoms with Crippen molar-refractivity contribution in [2.24, 2.45) is 5.92 Å². The lowest BCUT2D eigenvalue weighted by molar-refractivity contribution is -0.133. The Balaban J connectivity index is 1.52. The van der Waals surface area contributed by atoms with Crippen molar-refractivity contribution in [3.63, 3.8) is 0 Å². The zero-order valence-corrected chi connectivity index (χ0v) is 13.5. The number of likely N-dealkylation sites (tertiary alicyclic amines) is 1. The first-order chi connectivity index (χ1) is 11.6. The Bertz CT molecular complexity index is 688.